The van der Waals surface area contributed by atoms with Gasteiger partial charge in [0.2, 0.25) is 0 Å². The maximum atomic E-state index is 12.8. The summed E-state index contributed by atoms with van der Waals surface area (Å²) in [6, 6.07) is 4.87. The van der Waals surface area contributed by atoms with Crippen LogP contribution in [0.15, 0.2) is 37.4 Å². The third-order valence-corrected chi connectivity index (χ3v) is 4.97. The van der Waals surface area contributed by atoms with Crippen molar-refractivity contribution >= 4 is 22.1 Å². The number of benzene rings is 1. The molecule has 11 nitrogen and oxygen atoms in total. The van der Waals surface area contributed by atoms with E-state index >= 15 is 0 Å². The van der Waals surface area contributed by atoms with Gasteiger partial charge < -0.3 is 9.47 Å². The predicted molar refractivity (Wildman–Crippen MR) is 110 cm³/mol. The van der Waals surface area contributed by atoms with Crippen LogP contribution < -0.4 is 32.0 Å². The van der Waals surface area contributed by atoms with Gasteiger partial charge in [-0.3, -0.25) is 28.7 Å². The minimum absolute atomic E-state index is 0.0287. The molecule has 0 aliphatic carbocycles. The molecule has 4 rings (SSSR count). The number of fused-ring (bicyclic) bond motifs is 2. The van der Waals surface area contributed by atoms with Gasteiger partial charge in [-0.05, 0) is 17.7 Å². The summed E-state index contributed by atoms with van der Waals surface area (Å²) in [6.45, 7) is 0. The molecule has 154 valence electrons. The number of aromatic nitrogens is 5. The number of hydrogen-bond donors (Lipinski definition) is 2. The number of aromatic amines is 2. The van der Waals surface area contributed by atoms with Crippen LogP contribution in [-0.2, 0) is 14.1 Å². The van der Waals surface area contributed by atoms with Crippen molar-refractivity contribution in [1.82, 2.24) is 24.1 Å². The lowest BCUT2D eigenvalue weighted by Crippen LogP contribution is -2.32. The Balaban J connectivity index is 2.36. The van der Waals surface area contributed by atoms with Crippen molar-refractivity contribution in [3.05, 3.63) is 59.9 Å². The highest BCUT2D eigenvalue weighted by atomic mass is 16.5. The molecule has 0 aliphatic rings. The highest BCUT2D eigenvalue weighted by Gasteiger charge is 2.22. The summed E-state index contributed by atoms with van der Waals surface area (Å²) >= 11 is 0. The standard InChI is InChI=1S/C19H17N5O6/c1-23-14-12(16(25)21-18(23)27)11(8-5-6-9(29-3)10(7-8)30-4)13-15(20-14)24(2)19(28)22-17(13)26/h5-7H,1-4H3,(H,21,25,27)(H,22,26,28). The van der Waals surface area contributed by atoms with E-state index in [0.29, 0.717) is 17.1 Å². The van der Waals surface area contributed by atoms with Crippen molar-refractivity contribution in [2.45, 2.75) is 0 Å². The van der Waals surface area contributed by atoms with Crippen LogP contribution in [0.5, 0.6) is 11.5 Å². The van der Waals surface area contributed by atoms with Gasteiger partial charge in [0, 0.05) is 19.7 Å². The van der Waals surface area contributed by atoms with E-state index in [9.17, 15) is 19.2 Å². The molecule has 0 atom stereocenters. The Bertz CT molecular complexity index is 1490. The molecule has 30 heavy (non-hydrogen) atoms. The van der Waals surface area contributed by atoms with Gasteiger partial charge in [-0.2, -0.15) is 0 Å². The van der Waals surface area contributed by atoms with Crippen LogP contribution in [0.3, 0.4) is 0 Å². The zero-order valence-corrected chi connectivity index (χ0v) is 16.5. The van der Waals surface area contributed by atoms with Crippen LogP contribution in [0, 0.1) is 0 Å². The third-order valence-electron chi connectivity index (χ3n) is 4.97. The molecule has 1 aromatic carbocycles. The highest BCUT2D eigenvalue weighted by molar-refractivity contribution is 6.07. The molecule has 0 spiro atoms. The van der Waals surface area contributed by atoms with Gasteiger partial charge in [0.05, 0.1) is 25.0 Å². The van der Waals surface area contributed by atoms with E-state index in [0.717, 1.165) is 9.13 Å². The van der Waals surface area contributed by atoms with E-state index in [1.807, 2.05) is 0 Å². The zero-order chi connectivity index (χ0) is 21.7. The minimum Gasteiger partial charge on any atom is -0.493 e. The van der Waals surface area contributed by atoms with Crippen molar-refractivity contribution in [3.63, 3.8) is 0 Å². The number of methoxy groups -OCH3 is 2. The Morgan fingerprint density at radius 2 is 1.30 bits per heavy atom. The van der Waals surface area contributed by atoms with Crippen molar-refractivity contribution in [3.8, 4) is 22.6 Å². The molecule has 0 saturated heterocycles. The first kappa shape index (κ1) is 19.2. The number of nitrogens with zero attached hydrogens (tertiary/aromatic N) is 3. The molecule has 0 aliphatic heterocycles. The second-order valence-electron chi connectivity index (χ2n) is 6.59. The summed E-state index contributed by atoms with van der Waals surface area (Å²) in [7, 11) is 5.80. The van der Waals surface area contributed by atoms with Gasteiger partial charge in [0.1, 0.15) is 0 Å². The topological polar surface area (TPSA) is 141 Å². The second kappa shape index (κ2) is 6.72. The molecule has 4 aromatic rings. The summed E-state index contributed by atoms with van der Waals surface area (Å²) in [5.74, 6) is 0.821. The van der Waals surface area contributed by atoms with Gasteiger partial charge in [0.15, 0.2) is 22.8 Å². The summed E-state index contributed by atoms with van der Waals surface area (Å²) in [5.41, 5.74) is -2.05. The van der Waals surface area contributed by atoms with E-state index in [4.69, 9.17) is 9.47 Å². The molecule has 0 bridgehead atoms. The largest absolute Gasteiger partial charge is 0.493 e. The van der Waals surface area contributed by atoms with Gasteiger partial charge in [-0.1, -0.05) is 6.07 Å². The number of nitrogens with one attached hydrogen (secondary N) is 2. The monoisotopic (exact) mass is 411 g/mol. The van der Waals surface area contributed by atoms with Crippen molar-refractivity contribution in [2.24, 2.45) is 14.1 Å². The third kappa shape index (κ3) is 2.63. The van der Waals surface area contributed by atoms with Crippen LogP contribution >= 0.6 is 0 Å². The fourth-order valence-corrected chi connectivity index (χ4v) is 3.44. The molecular weight excluding hydrogens is 394 g/mol. The summed E-state index contributed by atoms with van der Waals surface area (Å²) in [5, 5.41) is 0.0573. The van der Waals surface area contributed by atoms with Gasteiger partial charge in [-0.15, -0.1) is 0 Å². The maximum absolute atomic E-state index is 12.8. The number of H-pyrrole nitrogens is 2. The number of ether oxygens (including phenoxy) is 2. The average Bonchev–Trinajstić information content (AvgIpc) is 2.74. The first-order chi connectivity index (χ1) is 14.3. The normalized spacial score (nSPS) is 11.2. The lowest BCUT2D eigenvalue weighted by molar-refractivity contribution is 0.355. The molecule has 3 aromatic heterocycles. The molecule has 0 amide bonds. The Kier molecular flexibility index (Phi) is 4.30. The Morgan fingerprint density at radius 3 is 1.77 bits per heavy atom. The summed E-state index contributed by atoms with van der Waals surface area (Å²) in [6.07, 6.45) is 0. The molecule has 2 N–H and O–H groups in total. The molecule has 0 fully saturated rings. The van der Waals surface area contributed by atoms with E-state index in [1.165, 1.54) is 28.3 Å². The SMILES string of the molecule is COc1ccc(-c2c3c(=O)[nH]c(=O)n(C)c3nc3c2c(=O)[nH]c(=O)n3C)cc1OC. The molecule has 0 radical (unpaired) electrons. The van der Waals surface area contributed by atoms with Crippen molar-refractivity contribution in [1.29, 1.82) is 0 Å². The van der Waals surface area contributed by atoms with Gasteiger partial charge in [-0.25, -0.2) is 14.6 Å². The van der Waals surface area contributed by atoms with Crippen molar-refractivity contribution < 1.29 is 9.47 Å². The lowest BCUT2D eigenvalue weighted by atomic mass is 9.99. The number of pyridine rings is 1. The molecule has 0 unspecified atom stereocenters. The van der Waals surface area contributed by atoms with Crippen LogP contribution in [0.4, 0.5) is 0 Å². The highest BCUT2D eigenvalue weighted by Crippen LogP contribution is 2.36. The average molecular weight is 411 g/mol. The van der Waals surface area contributed by atoms with E-state index in [2.05, 4.69) is 15.0 Å². The number of rotatable bonds is 3. The smallest absolute Gasteiger partial charge is 0.329 e. The summed E-state index contributed by atoms with van der Waals surface area (Å²) in [4.78, 5) is 58.6. The van der Waals surface area contributed by atoms with Gasteiger partial charge in [0.25, 0.3) is 11.1 Å². The predicted octanol–water partition coefficient (Wildman–Crippen LogP) is -0.154. The Hall–Kier alpha value is -4.15. The quantitative estimate of drug-likeness (QED) is 0.447. The number of aryl methyl sites for hydroxylation is 2. The van der Waals surface area contributed by atoms with E-state index in [1.54, 1.807) is 18.2 Å². The van der Waals surface area contributed by atoms with Crippen molar-refractivity contribution in [2.75, 3.05) is 14.2 Å². The van der Waals surface area contributed by atoms with Crippen LogP contribution in [0.2, 0.25) is 0 Å². The van der Waals surface area contributed by atoms with E-state index in [-0.39, 0.29) is 27.6 Å². The molecule has 0 saturated carbocycles. The van der Waals surface area contributed by atoms with E-state index < -0.39 is 22.5 Å². The van der Waals surface area contributed by atoms with Crippen LogP contribution in [0.1, 0.15) is 0 Å². The summed E-state index contributed by atoms with van der Waals surface area (Å²) < 4.78 is 12.9. The maximum Gasteiger partial charge on any atom is 0.329 e. The molecule has 11 heteroatoms. The minimum atomic E-state index is -0.708. The Labute approximate surface area is 167 Å². The lowest BCUT2D eigenvalue weighted by Gasteiger charge is -2.15. The molecular formula is C19H17N5O6. The first-order valence-corrected chi connectivity index (χ1v) is 8.77. The molecule has 3 heterocycles. The second-order valence-corrected chi connectivity index (χ2v) is 6.59. The fraction of sp³-hybridized carbons (Fsp3) is 0.211. The fourth-order valence-electron chi connectivity index (χ4n) is 3.44. The first-order valence-electron chi connectivity index (χ1n) is 8.77. The zero-order valence-electron chi connectivity index (χ0n) is 16.5. The number of hydrogen-bond acceptors (Lipinski definition) is 7. The van der Waals surface area contributed by atoms with Crippen LogP contribution in [-0.4, -0.2) is 38.3 Å². The van der Waals surface area contributed by atoms with Crippen LogP contribution in [0.25, 0.3) is 33.2 Å². The Morgan fingerprint density at radius 1 is 0.800 bits per heavy atom. The van der Waals surface area contributed by atoms with Gasteiger partial charge >= 0.3 is 11.4 Å².